The van der Waals surface area contributed by atoms with Crippen molar-refractivity contribution in [1.82, 2.24) is 4.98 Å². The van der Waals surface area contributed by atoms with Gasteiger partial charge in [0.05, 0.1) is 11.2 Å². The second-order valence-electron chi connectivity index (χ2n) is 2.88. The zero-order valence-electron chi connectivity index (χ0n) is 11.7. The molecule has 2 aromatic rings. The number of aromatic nitrogens is 1. The van der Waals surface area contributed by atoms with E-state index in [0.29, 0.717) is 5.69 Å². The number of nitrogens with zero attached hydrogens (tertiary/aromatic N) is 1. The van der Waals surface area contributed by atoms with E-state index in [2.05, 4.69) is 4.98 Å². The molecule has 4 heteroatoms. The average molecular weight is 203 g/mol. The van der Waals surface area contributed by atoms with Crippen LogP contribution in [0.1, 0.15) is 5.48 Å². The molecule has 3 nitrogen and oxygen atoms in total. The highest BCUT2D eigenvalue weighted by atomic mass is 16.4. The van der Waals surface area contributed by atoms with Gasteiger partial charge in [-0.2, -0.15) is 0 Å². The molecule has 2 N–H and O–H groups in total. The molecular formula is C11H10BNO2. The third-order valence-electron chi connectivity index (χ3n) is 1.82. The molecule has 0 aliphatic carbocycles. The summed E-state index contributed by atoms with van der Waals surface area (Å²) in [7, 11) is -2.05. The largest absolute Gasteiger partial charge is 0.488 e. The van der Waals surface area contributed by atoms with Crippen LogP contribution in [0, 0.1) is 0 Å². The van der Waals surface area contributed by atoms with Gasteiger partial charge in [0.1, 0.15) is 0 Å². The molecule has 2 rings (SSSR count). The van der Waals surface area contributed by atoms with Crippen LogP contribution < -0.4 is 5.46 Å². The lowest BCUT2D eigenvalue weighted by molar-refractivity contribution is 0.426. The monoisotopic (exact) mass is 203 g/mol. The summed E-state index contributed by atoms with van der Waals surface area (Å²) in [5.74, 6) is 0. The molecule has 15 heavy (non-hydrogen) atoms. The first kappa shape index (κ1) is 6.05. The van der Waals surface area contributed by atoms with Crippen molar-refractivity contribution >= 4 is 12.6 Å². The Bertz CT molecular complexity index is 593. The molecule has 0 saturated heterocycles. The summed E-state index contributed by atoms with van der Waals surface area (Å²) in [5.41, 5.74) is -0.0897. The summed E-state index contributed by atoms with van der Waals surface area (Å²) in [6.07, 6.45) is 1.48. The van der Waals surface area contributed by atoms with Gasteiger partial charge in [0.2, 0.25) is 0 Å². The Hall–Kier alpha value is -1.65. The van der Waals surface area contributed by atoms with E-state index in [4.69, 9.17) is 15.5 Å². The Morgan fingerprint density at radius 2 is 1.87 bits per heavy atom. The average Bonchev–Trinajstić information content (AvgIpc) is 2.38. The summed E-state index contributed by atoms with van der Waals surface area (Å²) >= 11 is 0. The molecule has 1 heterocycles. The first-order chi connectivity index (χ1) is 8.95. The second-order valence-corrected chi connectivity index (χ2v) is 2.88. The summed E-state index contributed by atoms with van der Waals surface area (Å²) in [6, 6.07) is 3.27. The van der Waals surface area contributed by atoms with Gasteiger partial charge in [-0.25, -0.2) is 0 Å². The van der Waals surface area contributed by atoms with Crippen molar-refractivity contribution in [2.45, 2.75) is 0 Å². The lowest BCUT2D eigenvalue weighted by atomic mass is 9.80. The maximum Gasteiger partial charge on any atom is 0.488 e. The van der Waals surface area contributed by atoms with Crippen LogP contribution in [0.3, 0.4) is 0 Å². The standard InChI is InChI=1S/C11H10BNO2/c14-12(15)10-6-4-9(5-7-10)11-3-1-2-8-13-11/h1-8,14-15H/i4D,5D,6D,7D. The first-order valence-corrected chi connectivity index (χ1v) is 4.33. The van der Waals surface area contributed by atoms with Crippen molar-refractivity contribution in [2.24, 2.45) is 0 Å². The highest BCUT2D eigenvalue weighted by molar-refractivity contribution is 6.58. The number of hydrogen-bond acceptors (Lipinski definition) is 3. The molecule has 0 aliphatic rings. The minimum absolute atomic E-state index is 0.0417. The maximum absolute atomic E-state index is 9.13. The van der Waals surface area contributed by atoms with Crippen molar-refractivity contribution in [1.29, 1.82) is 0 Å². The van der Waals surface area contributed by atoms with Crippen molar-refractivity contribution in [3.05, 3.63) is 48.6 Å². The van der Waals surface area contributed by atoms with E-state index in [-0.39, 0.29) is 17.6 Å². The third-order valence-corrected chi connectivity index (χ3v) is 1.82. The molecule has 1 aromatic heterocycles. The van der Waals surface area contributed by atoms with Crippen LogP contribution in [-0.4, -0.2) is 22.2 Å². The van der Waals surface area contributed by atoms with Gasteiger partial charge in [-0.3, -0.25) is 4.98 Å². The number of rotatable bonds is 2. The van der Waals surface area contributed by atoms with Crippen molar-refractivity contribution in [3.63, 3.8) is 0 Å². The number of pyridine rings is 1. The van der Waals surface area contributed by atoms with E-state index in [1.54, 1.807) is 18.2 Å². The van der Waals surface area contributed by atoms with Gasteiger partial charge in [-0.15, -0.1) is 0 Å². The predicted octanol–water partition coefficient (Wildman–Crippen LogP) is 0.428. The van der Waals surface area contributed by atoms with Gasteiger partial charge in [-0.1, -0.05) is 30.2 Å². The van der Waals surface area contributed by atoms with Crippen LogP contribution in [0.4, 0.5) is 0 Å². The van der Waals surface area contributed by atoms with Gasteiger partial charge >= 0.3 is 7.12 Å². The minimum Gasteiger partial charge on any atom is -0.423 e. The minimum atomic E-state index is -2.05. The Morgan fingerprint density at radius 1 is 1.13 bits per heavy atom. The van der Waals surface area contributed by atoms with Crippen LogP contribution in [0.25, 0.3) is 11.3 Å². The maximum atomic E-state index is 9.13. The smallest absolute Gasteiger partial charge is 0.423 e. The Kier molecular flexibility index (Phi) is 1.72. The molecular weight excluding hydrogens is 189 g/mol. The molecule has 0 saturated carbocycles. The topological polar surface area (TPSA) is 53.4 Å². The molecule has 0 spiro atoms. The number of hydrogen-bond donors (Lipinski definition) is 2. The second kappa shape index (κ2) is 4.25. The normalized spacial score (nSPS) is 13.7. The van der Waals surface area contributed by atoms with Gasteiger partial charge in [0.25, 0.3) is 0 Å². The fourth-order valence-corrected chi connectivity index (χ4v) is 1.09. The van der Waals surface area contributed by atoms with Crippen LogP contribution in [0.5, 0.6) is 0 Å². The fraction of sp³-hybridized carbons (Fsp3) is 0. The molecule has 0 bridgehead atoms. The van der Waals surface area contributed by atoms with Crippen LogP contribution in [-0.2, 0) is 0 Å². The Balaban J connectivity index is 2.79. The van der Waals surface area contributed by atoms with E-state index in [0.717, 1.165) is 0 Å². The van der Waals surface area contributed by atoms with Crippen LogP contribution in [0.15, 0.2) is 48.6 Å². The number of benzene rings is 1. The predicted molar refractivity (Wildman–Crippen MR) is 59.5 cm³/mol. The van der Waals surface area contributed by atoms with Crippen LogP contribution >= 0.6 is 0 Å². The van der Waals surface area contributed by atoms with Crippen LogP contribution in [0.2, 0.25) is 0 Å². The molecule has 0 aliphatic heterocycles. The van der Waals surface area contributed by atoms with Gasteiger partial charge in [0.15, 0.2) is 0 Å². The Labute approximate surface area is 93.8 Å². The van der Waals surface area contributed by atoms with Crippen molar-refractivity contribution < 1.29 is 15.5 Å². The Morgan fingerprint density at radius 3 is 2.40 bits per heavy atom. The SMILES string of the molecule is [2H]c1c([2H])c(-c2ccccn2)c([2H])c([2H])c1B(O)O. The zero-order valence-corrected chi connectivity index (χ0v) is 7.73. The highest BCUT2D eigenvalue weighted by Gasteiger charge is 2.09. The molecule has 1 aromatic carbocycles. The van der Waals surface area contributed by atoms with E-state index in [9.17, 15) is 0 Å². The van der Waals surface area contributed by atoms with E-state index in [1.165, 1.54) is 6.20 Å². The lowest BCUT2D eigenvalue weighted by Crippen LogP contribution is -2.29. The lowest BCUT2D eigenvalue weighted by Gasteiger charge is -2.02. The molecule has 0 amide bonds. The summed E-state index contributed by atoms with van der Waals surface area (Å²) in [6.45, 7) is 0. The summed E-state index contributed by atoms with van der Waals surface area (Å²) < 4.78 is 31.1. The third kappa shape index (κ3) is 2.23. The van der Waals surface area contributed by atoms with E-state index < -0.39 is 24.7 Å². The molecule has 74 valence electrons. The quantitative estimate of drug-likeness (QED) is 0.695. The fourth-order valence-electron chi connectivity index (χ4n) is 1.09. The summed E-state index contributed by atoms with van der Waals surface area (Å²) in [4.78, 5) is 4.00. The first-order valence-electron chi connectivity index (χ1n) is 6.33. The van der Waals surface area contributed by atoms with Gasteiger partial charge in [-0.05, 0) is 17.6 Å². The van der Waals surface area contributed by atoms with Gasteiger partial charge < -0.3 is 10.0 Å². The molecule has 0 radical (unpaired) electrons. The highest BCUT2D eigenvalue weighted by Crippen LogP contribution is 2.13. The molecule has 0 unspecified atom stereocenters. The van der Waals surface area contributed by atoms with Crippen molar-refractivity contribution in [3.8, 4) is 11.3 Å². The summed E-state index contributed by atoms with van der Waals surface area (Å²) in [5, 5.41) is 18.3. The molecule has 0 atom stereocenters. The van der Waals surface area contributed by atoms with E-state index in [1.807, 2.05) is 0 Å². The van der Waals surface area contributed by atoms with Crippen molar-refractivity contribution in [2.75, 3.05) is 0 Å². The molecule has 0 fully saturated rings. The van der Waals surface area contributed by atoms with Gasteiger partial charge in [0, 0.05) is 11.8 Å². The van der Waals surface area contributed by atoms with E-state index >= 15 is 0 Å². The zero-order chi connectivity index (χ0) is 14.2.